The van der Waals surface area contributed by atoms with Crippen LogP contribution in [0, 0.1) is 11.3 Å². The van der Waals surface area contributed by atoms with Crippen LogP contribution in [-0.2, 0) is 19.6 Å². The minimum atomic E-state index is -4.08. The number of sulfonamides is 1. The Morgan fingerprint density at radius 3 is 2.76 bits per heavy atom. The van der Waals surface area contributed by atoms with Crippen LogP contribution in [0.3, 0.4) is 0 Å². The van der Waals surface area contributed by atoms with Crippen LogP contribution in [0.2, 0.25) is 5.02 Å². The second-order valence-electron chi connectivity index (χ2n) is 8.94. The lowest BCUT2D eigenvalue weighted by Crippen LogP contribution is -2.41. The average molecular weight is 546 g/mol. The molecule has 1 aliphatic heterocycles. The summed E-state index contributed by atoms with van der Waals surface area (Å²) < 4.78 is 38.5. The summed E-state index contributed by atoms with van der Waals surface area (Å²) in [7, 11) is -2.00. The highest BCUT2D eigenvalue weighted by Gasteiger charge is 2.28. The SMILES string of the molecule is CCOC(=O)CS(=O)(=O)N(CC=Cc1cccc(C#N)c1)c1ccc(OC2CCN(C)C(C)C2)c(Cl)c1. The molecule has 0 N–H and O–H groups in total. The van der Waals surface area contributed by atoms with Gasteiger partial charge in [0.15, 0.2) is 5.75 Å². The first kappa shape index (κ1) is 28.5. The van der Waals surface area contributed by atoms with Crippen molar-refractivity contribution >= 4 is 39.4 Å². The van der Waals surface area contributed by atoms with E-state index in [2.05, 4.69) is 24.9 Å². The van der Waals surface area contributed by atoms with Gasteiger partial charge in [-0.2, -0.15) is 5.26 Å². The molecule has 37 heavy (non-hydrogen) atoms. The van der Waals surface area contributed by atoms with Gasteiger partial charge in [0.05, 0.1) is 35.5 Å². The second kappa shape index (κ2) is 13.0. The van der Waals surface area contributed by atoms with E-state index in [-0.39, 0.29) is 24.3 Å². The lowest BCUT2D eigenvalue weighted by atomic mass is 10.0. The number of rotatable bonds is 10. The second-order valence-corrected chi connectivity index (χ2v) is 11.2. The number of carbonyl (C=O) groups is 1. The van der Waals surface area contributed by atoms with Crippen molar-refractivity contribution in [1.29, 1.82) is 5.26 Å². The predicted molar refractivity (Wildman–Crippen MR) is 145 cm³/mol. The van der Waals surface area contributed by atoms with Gasteiger partial charge in [-0.3, -0.25) is 9.10 Å². The third kappa shape index (κ3) is 7.96. The molecule has 198 valence electrons. The number of carbonyl (C=O) groups excluding carboxylic acids is 1. The molecule has 2 unspecified atom stereocenters. The van der Waals surface area contributed by atoms with Crippen molar-refractivity contribution in [2.45, 2.75) is 38.8 Å². The molecule has 0 bridgehead atoms. The Balaban J connectivity index is 1.84. The molecule has 2 aromatic rings. The van der Waals surface area contributed by atoms with Gasteiger partial charge in [0, 0.05) is 12.6 Å². The summed E-state index contributed by atoms with van der Waals surface area (Å²) in [6, 6.07) is 14.2. The number of esters is 1. The van der Waals surface area contributed by atoms with Gasteiger partial charge in [-0.05, 0) is 69.6 Å². The minimum absolute atomic E-state index is 0.0188. The molecule has 1 fully saturated rings. The van der Waals surface area contributed by atoms with E-state index in [0.717, 1.165) is 29.3 Å². The standard InChI is InChI=1S/C27H32ClN3O5S/c1-4-35-27(32)19-37(33,34)31(13-6-9-21-7-5-8-22(16-21)18-29)23-10-11-26(25(28)17-23)36-24-12-14-30(3)20(2)15-24/h5-11,16-17,20,24H,4,12-15,19H2,1-3H3. The number of nitrogens with zero attached hydrogens (tertiary/aromatic N) is 3. The summed E-state index contributed by atoms with van der Waals surface area (Å²) in [5, 5.41) is 9.39. The van der Waals surface area contributed by atoms with Crippen LogP contribution in [0.4, 0.5) is 5.69 Å². The predicted octanol–water partition coefficient (Wildman–Crippen LogP) is 4.49. The van der Waals surface area contributed by atoms with Crippen LogP contribution in [-0.4, -0.2) is 63.9 Å². The van der Waals surface area contributed by atoms with Crippen molar-refractivity contribution in [2.75, 3.05) is 36.8 Å². The maximum Gasteiger partial charge on any atom is 0.323 e. The number of hydrogen-bond acceptors (Lipinski definition) is 7. The maximum atomic E-state index is 13.2. The summed E-state index contributed by atoms with van der Waals surface area (Å²) in [6.07, 6.45) is 5.12. The topological polar surface area (TPSA) is 99.9 Å². The smallest absolute Gasteiger partial charge is 0.323 e. The van der Waals surface area contributed by atoms with E-state index in [4.69, 9.17) is 26.3 Å². The number of hydrogen-bond donors (Lipinski definition) is 0. The molecule has 2 aromatic carbocycles. The molecule has 3 rings (SSSR count). The van der Waals surface area contributed by atoms with Crippen molar-refractivity contribution in [3.05, 3.63) is 64.7 Å². The quantitative estimate of drug-likeness (QED) is 0.406. The van der Waals surface area contributed by atoms with Gasteiger partial charge < -0.3 is 14.4 Å². The Morgan fingerprint density at radius 2 is 2.08 bits per heavy atom. The van der Waals surface area contributed by atoms with Gasteiger partial charge in [0.2, 0.25) is 10.0 Å². The Bertz CT molecular complexity index is 1280. The molecular weight excluding hydrogens is 514 g/mol. The number of likely N-dealkylation sites (tertiary alicyclic amines) is 1. The van der Waals surface area contributed by atoms with Gasteiger partial charge in [-0.1, -0.05) is 35.9 Å². The highest BCUT2D eigenvalue weighted by molar-refractivity contribution is 7.93. The van der Waals surface area contributed by atoms with Gasteiger partial charge in [0.25, 0.3) is 0 Å². The Kier molecular flexibility index (Phi) is 9.98. The lowest BCUT2D eigenvalue weighted by molar-refractivity contribution is -0.139. The van der Waals surface area contributed by atoms with E-state index >= 15 is 0 Å². The minimum Gasteiger partial charge on any atom is -0.489 e. The van der Waals surface area contributed by atoms with Gasteiger partial charge >= 0.3 is 5.97 Å². The molecule has 10 heteroatoms. The van der Waals surface area contributed by atoms with Crippen LogP contribution in [0.1, 0.15) is 37.8 Å². The number of benzene rings is 2. The summed E-state index contributed by atoms with van der Waals surface area (Å²) in [4.78, 5) is 14.3. The number of nitriles is 1. The first-order valence-electron chi connectivity index (χ1n) is 12.1. The van der Waals surface area contributed by atoms with E-state index in [9.17, 15) is 13.2 Å². The van der Waals surface area contributed by atoms with E-state index in [1.165, 1.54) is 6.07 Å². The number of anilines is 1. The highest BCUT2D eigenvalue weighted by atomic mass is 35.5. The first-order chi connectivity index (χ1) is 17.6. The third-order valence-corrected chi connectivity index (χ3v) is 8.12. The highest BCUT2D eigenvalue weighted by Crippen LogP contribution is 2.33. The summed E-state index contributed by atoms with van der Waals surface area (Å²) in [5.41, 5.74) is 1.54. The van der Waals surface area contributed by atoms with Crippen molar-refractivity contribution in [1.82, 2.24) is 4.90 Å². The zero-order chi connectivity index (χ0) is 27.0. The average Bonchev–Trinajstić information content (AvgIpc) is 2.85. The van der Waals surface area contributed by atoms with Gasteiger partial charge in [-0.15, -0.1) is 0 Å². The van der Waals surface area contributed by atoms with Crippen LogP contribution < -0.4 is 9.04 Å². The largest absolute Gasteiger partial charge is 0.489 e. The van der Waals surface area contributed by atoms with Crippen molar-refractivity contribution in [3.63, 3.8) is 0 Å². The molecule has 0 aromatic heterocycles. The van der Waals surface area contributed by atoms with E-state index < -0.39 is 21.7 Å². The van der Waals surface area contributed by atoms with Gasteiger partial charge in [-0.25, -0.2) is 8.42 Å². The number of ether oxygens (including phenoxy) is 2. The van der Waals surface area contributed by atoms with Gasteiger partial charge in [0.1, 0.15) is 11.9 Å². The van der Waals surface area contributed by atoms with Crippen LogP contribution >= 0.6 is 11.6 Å². The molecule has 2 atom stereocenters. The summed E-state index contributed by atoms with van der Waals surface area (Å²) in [6.45, 7) is 4.71. The van der Waals surface area contributed by atoms with Crippen LogP contribution in [0.5, 0.6) is 5.75 Å². The summed E-state index contributed by atoms with van der Waals surface area (Å²) >= 11 is 6.53. The fourth-order valence-corrected chi connectivity index (χ4v) is 5.58. The van der Waals surface area contributed by atoms with Crippen LogP contribution in [0.15, 0.2) is 48.5 Å². The fraction of sp³-hybridized carbons (Fsp3) is 0.407. The molecule has 0 radical (unpaired) electrons. The molecule has 1 aliphatic rings. The number of halogens is 1. The molecule has 8 nitrogen and oxygen atoms in total. The van der Waals surface area contributed by atoms with Crippen molar-refractivity contribution in [3.8, 4) is 11.8 Å². The maximum absolute atomic E-state index is 13.2. The van der Waals surface area contributed by atoms with Crippen LogP contribution in [0.25, 0.3) is 6.08 Å². The van der Waals surface area contributed by atoms with Crippen molar-refractivity contribution in [2.24, 2.45) is 0 Å². The molecule has 0 amide bonds. The Labute approximate surface area is 224 Å². The number of piperidine rings is 1. The molecule has 1 saturated heterocycles. The molecular formula is C27H32ClN3O5S. The zero-order valence-electron chi connectivity index (χ0n) is 21.3. The molecule has 0 saturated carbocycles. The monoisotopic (exact) mass is 545 g/mol. The molecule has 1 heterocycles. The van der Waals surface area contributed by atoms with E-state index in [1.807, 2.05) is 6.07 Å². The normalized spacial score (nSPS) is 18.4. The fourth-order valence-electron chi connectivity index (χ4n) is 4.08. The lowest BCUT2D eigenvalue weighted by Gasteiger charge is -2.35. The van der Waals surface area contributed by atoms with E-state index in [1.54, 1.807) is 49.4 Å². The van der Waals surface area contributed by atoms with Crippen molar-refractivity contribution < 1.29 is 22.7 Å². The Morgan fingerprint density at radius 1 is 1.30 bits per heavy atom. The van der Waals surface area contributed by atoms with E-state index in [0.29, 0.717) is 23.0 Å². The third-order valence-electron chi connectivity index (χ3n) is 6.20. The molecule has 0 aliphatic carbocycles. The summed E-state index contributed by atoms with van der Waals surface area (Å²) in [5.74, 6) is -1.15. The Hall–Kier alpha value is -3.06. The zero-order valence-corrected chi connectivity index (χ0v) is 22.8. The molecule has 0 spiro atoms. The first-order valence-corrected chi connectivity index (χ1v) is 14.1.